The fourth-order valence-electron chi connectivity index (χ4n) is 0.969. The quantitative estimate of drug-likeness (QED) is 0.733. The zero-order chi connectivity index (χ0) is 8.97. The topological polar surface area (TPSA) is 12.0 Å². The third kappa shape index (κ3) is 3.01. The fraction of sp³-hybridized carbons (Fsp3) is 0.400. The molecule has 0 amide bonds. The van der Waals surface area contributed by atoms with E-state index in [9.17, 15) is 4.39 Å². The Morgan fingerprint density at radius 1 is 1.50 bits per heavy atom. The number of hydrogen-bond donors (Lipinski definition) is 1. The van der Waals surface area contributed by atoms with Gasteiger partial charge in [0.15, 0.2) is 0 Å². The zero-order valence-corrected chi connectivity index (χ0v) is 7.47. The molecule has 1 aromatic rings. The van der Waals surface area contributed by atoms with E-state index in [1.54, 1.807) is 12.1 Å². The summed E-state index contributed by atoms with van der Waals surface area (Å²) in [5, 5.41) is 3.22. The SMILES string of the molecule is CC(C)NCc1cccc(F)c1.[HH]. The van der Waals surface area contributed by atoms with Crippen molar-refractivity contribution in [2.24, 2.45) is 0 Å². The van der Waals surface area contributed by atoms with Gasteiger partial charge >= 0.3 is 0 Å². The van der Waals surface area contributed by atoms with Crippen LogP contribution in [0, 0.1) is 5.82 Å². The van der Waals surface area contributed by atoms with Crippen LogP contribution in [0.5, 0.6) is 0 Å². The Morgan fingerprint density at radius 3 is 2.83 bits per heavy atom. The molecule has 1 N–H and O–H groups in total. The highest BCUT2D eigenvalue weighted by Crippen LogP contribution is 2.02. The first kappa shape index (κ1) is 9.20. The molecule has 1 rings (SSSR count). The van der Waals surface area contributed by atoms with Gasteiger partial charge in [-0.15, -0.1) is 0 Å². The lowest BCUT2D eigenvalue weighted by molar-refractivity contribution is 0.581. The maximum atomic E-state index is 12.7. The van der Waals surface area contributed by atoms with Gasteiger partial charge in [-0.1, -0.05) is 26.0 Å². The number of nitrogens with one attached hydrogen (secondary N) is 1. The molecule has 0 fully saturated rings. The first-order chi connectivity index (χ1) is 5.68. The molecule has 0 saturated heterocycles. The molecule has 68 valence electrons. The minimum Gasteiger partial charge on any atom is -0.310 e. The Bertz CT molecular complexity index is 250. The predicted octanol–water partition coefficient (Wildman–Crippen LogP) is 2.57. The Kier molecular flexibility index (Phi) is 3.23. The lowest BCUT2D eigenvalue weighted by Gasteiger charge is -2.07. The summed E-state index contributed by atoms with van der Waals surface area (Å²) in [5.74, 6) is -0.168. The van der Waals surface area contributed by atoms with Crippen molar-refractivity contribution in [1.82, 2.24) is 5.32 Å². The van der Waals surface area contributed by atoms with Crippen LogP contribution in [-0.4, -0.2) is 6.04 Å². The van der Waals surface area contributed by atoms with Crippen LogP contribution in [0.15, 0.2) is 24.3 Å². The van der Waals surface area contributed by atoms with Crippen LogP contribution in [0.3, 0.4) is 0 Å². The summed E-state index contributed by atoms with van der Waals surface area (Å²) in [4.78, 5) is 0. The molecule has 0 aliphatic carbocycles. The van der Waals surface area contributed by atoms with E-state index in [4.69, 9.17) is 0 Å². The van der Waals surface area contributed by atoms with Gasteiger partial charge in [0.2, 0.25) is 0 Å². The van der Waals surface area contributed by atoms with Crippen LogP contribution in [0.2, 0.25) is 0 Å². The largest absolute Gasteiger partial charge is 0.310 e. The smallest absolute Gasteiger partial charge is 0.123 e. The molecule has 0 bridgehead atoms. The summed E-state index contributed by atoms with van der Waals surface area (Å²) in [5.41, 5.74) is 0.990. The lowest BCUT2D eigenvalue weighted by Crippen LogP contribution is -2.21. The maximum absolute atomic E-state index is 12.7. The molecule has 12 heavy (non-hydrogen) atoms. The van der Waals surface area contributed by atoms with Crippen LogP contribution in [0.4, 0.5) is 4.39 Å². The summed E-state index contributed by atoms with van der Waals surface area (Å²) < 4.78 is 12.7. The summed E-state index contributed by atoms with van der Waals surface area (Å²) in [6, 6.07) is 7.09. The van der Waals surface area contributed by atoms with E-state index in [2.05, 4.69) is 19.2 Å². The van der Waals surface area contributed by atoms with E-state index in [0.29, 0.717) is 6.04 Å². The minimum atomic E-state index is -0.168. The minimum absolute atomic E-state index is 0. The number of benzene rings is 1. The first-order valence-electron chi connectivity index (χ1n) is 4.16. The van der Waals surface area contributed by atoms with Gasteiger partial charge in [0.1, 0.15) is 5.82 Å². The second kappa shape index (κ2) is 4.21. The van der Waals surface area contributed by atoms with Crippen molar-refractivity contribution in [3.63, 3.8) is 0 Å². The van der Waals surface area contributed by atoms with E-state index < -0.39 is 0 Å². The molecule has 0 unspecified atom stereocenters. The van der Waals surface area contributed by atoms with Crippen molar-refractivity contribution in [2.75, 3.05) is 0 Å². The molecule has 1 nitrogen and oxygen atoms in total. The molecule has 0 spiro atoms. The van der Waals surface area contributed by atoms with Gasteiger partial charge in [-0.25, -0.2) is 4.39 Å². The second-order valence-corrected chi connectivity index (χ2v) is 3.17. The van der Waals surface area contributed by atoms with Crippen molar-refractivity contribution in [2.45, 2.75) is 26.4 Å². The van der Waals surface area contributed by atoms with Gasteiger partial charge in [-0.2, -0.15) is 0 Å². The van der Waals surface area contributed by atoms with Crippen LogP contribution in [-0.2, 0) is 6.54 Å². The van der Waals surface area contributed by atoms with Crippen molar-refractivity contribution >= 4 is 0 Å². The van der Waals surface area contributed by atoms with Crippen molar-refractivity contribution in [3.05, 3.63) is 35.6 Å². The molecular weight excluding hydrogens is 153 g/mol. The lowest BCUT2D eigenvalue weighted by atomic mass is 10.2. The third-order valence-corrected chi connectivity index (χ3v) is 1.60. The predicted molar refractivity (Wildman–Crippen MR) is 50.5 cm³/mol. The average Bonchev–Trinajstić information content (AvgIpc) is 2.01. The van der Waals surface area contributed by atoms with E-state index >= 15 is 0 Å². The molecular formula is C10H16FN. The normalized spacial score (nSPS) is 10.7. The van der Waals surface area contributed by atoms with Gasteiger partial charge in [0.25, 0.3) is 0 Å². The van der Waals surface area contributed by atoms with Crippen molar-refractivity contribution in [1.29, 1.82) is 0 Å². The molecule has 0 aromatic heterocycles. The van der Waals surface area contributed by atoms with Gasteiger partial charge in [0, 0.05) is 14.0 Å². The molecule has 0 radical (unpaired) electrons. The molecule has 0 heterocycles. The van der Waals surface area contributed by atoms with Crippen LogP contribution < -0.4 is 5.32 Å². The molecule has 0 atom stereocenters. The van der Waals surface area contributed by atoms with Crippen LogP contribution in [0.1, 0.15) is 20.8 Å². The molecule has 1 aromatic carbocycles. The number of rotatable bonds is 3. The van der Waals surface area contributed by atoms with E-state index in [1.165, 1.54) is 6.07 Å². The Balaban J connectivity index is 0.00000144. The molecule has 0 aliphatic rings. The average molecular weight is 169 g/mol. The molecule has 0 saturated carbocycles. The van der Waals surface area contributed by atoms with Gasteiger partial charge < -0.3 is 5.32 Å². The standard InChI is InChI=1S/C10H14FN.H2/c1-8(2)12-7-9-4-3-5-10(11)6-9;/h3-6,8,12H,7H2,1-2H3;1H. The van der Waals surface area contributed by atoms with Crippen LogP contribution in [0.25, 0.3) is 0 Å². The number of halogens is 1. The van der Waals surface area contributed by atoms with Gasteiger partial charge in [0.05, 0.1) is 0 Å². The van der Waals surface area contributed by atoms with Crippen molar-refractivity contribution in [3.8, 4) is 0 Å². The fourth-order valence-corrected chi connectivity index (χ4v) is 0.969. The monoisotopic (exact) mass is 169 g/mol. The third-order valence-electron chi connectivity index (χ3n) is 1.60. The first-order valence-corrected chi connectivity index (χ1v) is 4.16. The van der Waals surface area contributed by atoms with Crippen molar-refractivity contribution < 1.29 is 5.82 Å². The molecule has 0 aliphatic heterocycles. The highest BCUT2D eigenvalue weighted by atomic mass is 19.1. The Hall–Kier alpha value is -0.890. The van der Waals surface area contributed by atoms with Gasteiger partial charge in [-0.05, 0) is 17.7 Å². The Labute approximate surface area is 74.1 Å². The van der Waals surface area contributed by atoms with Gasteiger partial charge in [-0.3, -0.25) is 0 Å². The summed E-state index contributed by atoms with van der Waals surface area (Å²) in [7, 11) is 0. The van der Waals surface area contributed by atoms with E-state index in [0.717, 1.165) is 12.1 Å². The molecule has 2 heteroatoms. The van der Waals surface area contributed by atoms with Crippen LogP contribution >= 0.6 is 0 Å². The maximum Gasteiger partial charge on any atom is 0.123 e. The highest BCUT2D eigenvalue weighted by molar-refractivity contribution is 5.15. The van der Waals surface area contributed by atoms with E-state index in [1.807, 2.05) is 6.07 Å². The Morgan fingerprint density at radius 2 is 2.25 bits per heavy atom. The zero-order valence-electron chi connectivity index (χ0n) is 7.47. The highest BCUT2D eigenvalue weighted by Gasteiger charge is 1.95. The van der Waals surface area contributed by atoms with E-state index in [-0.39, 0.29) is 7.24 Å². The summed E-state index contributed by atoms with van der Waals surface area (Å²) in [6.07, 6.45) is 0. The summed E-state index contributed by atoms with van der Waals surface area (Å²) >= 11 is 0. The summed E-state index contributed by atoms with van der Waals surface area (Å²) in [6.45, 7) is 4.87. The number of hydrogen-bond acceptors (Lipinski definition) is 1. The second-order valence-electron chi connectivity index (χ2n) is 3.17.